The number of hydrogen-bond donors (Lipinski definition) is 1. The molecule has 1 heterocycles. The van der Waals surface area contributed by atoms with Gasteiger partial charge in [0.05, 0.1) is 19.3 Å². The van der Waals surface area contributed by atoms with E-state index in [9.17, 15) is 9.59 Å². The van der Waals surface area contributed by atoms with E-state index in [1.54, 1.807) is 19.2 Å². The maximum atomic E-state index is 12.6. The normalized spacial score (nSPS) is 20.8. The van der Waals surface area contributed by atoms with Gasteiger partial charge in [-0.05, 0) is 19.1 Å². The number of carbonyl (C=O) groups is 2. The molecule has 0 spiro atoms. The Hall–Kier alpha value is -1.24. The Morgan fingerprint density at radius 3 is 2.67 bits per heavy atom. The van der Waals surface area contributed by atoms with E-state index in [-0.39, 0.29) is 17.7 Å². The quantitative estimate of drug-likeness (QED) is 0.831. The zero-order valence-corrected chi connectivity index (χ0v) is 13.7. The standard InChI is InChI=1S/C15H19BrN2O3/c1-10(14(19)11-3-5-12(16)6-4-11)18-7-8-21-9-13(18)15(20)17-2/h3-6,10,13H,7-9H2,1-2H3,(H,17,20). The fourth-order valence-corrected chi connectivity index (χ4v) is 2.74. The Morgan fingerprint density at radius 1 is 1.38 bits per heavy atom. The Balaban J connectivity index is 2.16. The molecule has 6 heteroatoms. The second kappa shape index (κ2) is 7.15. The number of morpholine rings is 1. The van der Waals surface area contributed by atoms with Crippen LogP contribution < -0.4 is 5.32 Å². The predicted octanol–water partition coefficient (Wildman–Crippen LogP) is 1.47. The van der Waals surface area contributed by atoms with Crippen LogP contribution in [0.3, 0.4) is 0 Å². The van der Waals surface area contributed by atoms with Gasteiger partial charge in [0.25, 0.3) is 0 Å². The Morgan fingerprint density at radius 2 is 2.05 bits per heavy atom. The molecule has 1 fully saturated rings. The number of likely N-dealkylation sites (N-methyl/N-ethyl adjacent to an activating group) is 1. The van der Waals surface area contributed by atoms with Crippen LogP contribution in [0.1, 0.15) is 17.3 Å². The maximum absolute atomic E-state index is 12.6. The predicted molar refractivity (Wildman–Crippen MR) is 83.3 cm³/mol. The first kappa shape index (κ1) is 16.1. The van der Waals surface area contributed by atoms with Crippen molar-refractivity contribution in [3.05, 3.63) is 34.3 Å². The maximum Gasteiger partial charge on any atom is 0.239 e. The molecule has 1 N–H and O–H groups in total. The first-order chi connectivity index (χ1) is 10.0. The van der Waals surface area contributed by atoms with Crippen molar-refractivity contribution < 1.29 is 14.3 Å². The van der Waals surface area contributed by atoms with Gasteiger partial charge in [0.15, 0.2) is 5.78 Å². The molecule has 1 aliphatic heterocycles. The lowest BCUT2D eigenvalue weighted by Crippen LogP contribution is -2.57. The zero-order valence-electron chi connectivity index (χ0n) is 12.1. The molecule has 1 amide bonds. The summed E-state index contributed by atoms with van der Waals surface area (Å²) < 4.78 is 6.30. The summed E-state index contributed by atoms with van der Waals surface area (Å²) in [6, 6.07) is 6.48. The molecule has 2 rings (SSSR count). The molecule has 0 aromatic heterocycles. The Bertz CT molecular complexity index is 518. The summed E-state index contributed by atoms with van der Waals surface area (Å²) in [5.41, 5.74) is 0.646. The highest BCUT2D eigenvalue weighted by Crippen LogP contribution is 2.17. The topological polar surface area (TPSA) is 58.6 Å². The van der Waals surface area contributed by atoms with Gasteiger partial charge in [-0.1, -0.05) is 28.1 Å². The third-order valence-electron chi connectivity index (χ3n) is 3.72. The minimum atomic E-state index is -0.418. The first-order valence-corrected chi connectivity index (χ1v) is 7.68. The lowest BCUT2D eigenvalue weighted by Gasteiger charge is -2.37. The molecule has 0 aliphatic carbocycles. The van der Waals surface area contributed by atoms with Crippen LogP contribution in [0.2, 0.25) is 0 Å². The average molecular weight is 355 g/mol. The number of nitrogens with one attached hydrogen (secondary N) is 1. The van der Waals surface area contributed by atoms with Gasteiger partial charge >= 0.3 is 0 Å². The van der Waals surface area contributed by atoms with Gasteiger partial charge in [-0.15, -0.1) is 0 Å². The van der Waals surface area contributed by atoms with E-state index >= 15 is 0 Å². The van der Waals surface area contributed by atoms with E-state index in [0.717, 1.165) is 4.47 Å². The van der Waals surface area contributed by atoms with Crippen molar-refractivity contribution >= 4 is 27.6 Å². The number of amides is 1. The average Bonchev–Trinajstić information content (AvgIpc) is 2.53. The van der Waals surface area contributed by atoms with Gasteiger partial charge in [0.2, 0.25) is 5.91 Å². The lowest BCUT2D eigenvalue weighted by atomic mass is 10.0. The van der Waals surface area contributed by atoms with Crippen LogP contribution >= 0.6 is 15.9 Å². The number of Topliss-reactive ketones (excluding diaryl/α,β-unsaturated/α-hetero) is 1. The molecule has 2 atom stereocenters. The second-order valence-corrected chi connectivity index (χ2v) is 5.91. The van der Waals surface area contributed by atoms with Crippen molar-refractivity contribution in [2.75, 3.05) is 26.8 Å². The van der Waals surface area contributed by atoms with E-state index in [1.165, 1.54) is 0 Å². The van der Waals surface area contributed by atoms with Crippen LogP contribution in [-0.2, 0) is 9.53 Å². The highest BCUT2D eigenvalue weighted by molar-refractivity contribution is 9.10. The van der Waals surface area contributed by atoms with E-state index in [2.05, 4.69) is 21.2 Å². The molecule has 21 heavy (non-hydrogen) atoms. The van der Waals surface area contributed by atoms with Gasteiger partial charge in [0, 0.05) is 23.6 Å². The van der Waals surface area contributed by atoms with Crippen molar-refractivity contribution in [2.45, 2.75) is 19.0 Å². The molecule has 0 bridgehead atoms. The number of nitrogens with zero attached hydrogens (tertiary/aromatic N) is 1. The lowest BCUT2D eigenvalue weighted by molar-refractivity contribution is -0.132. The van der Waals surface area contributed by atoms with Crippen LogP contribution in [0.5, 0.6) is 0 Å². The molecule has 1 aromatic rings. The number of hydrogen-bond acceptors (Lipinski definition) is 4. The number of ketones is 1. The fraction of sp³-hybridized carbons (Fsp3) is 0.467. The summed E-state index contributed by atoms with van der Waals surface area (Å²) in [6.07, 6.45) is 0. The van der Waals surface area contributed by atoms with E-state index in [0.29, 0.717) is 25.3 Å². The zero-order chi connectivity index (χ0) is 15.4. The minimum absolute atomic E-state index is 0.0123. The van der Waals surface area contributed by atoms with Crippen LogP contribution in [0, 0.1) is 0 Å². The van der Waals surface area contributed by atoms with Gasteiger partial charge in [0.1, 0.15) is 6.04 Å². The van der Waals surface area contributed by atoms with Gasteiger partial charge < -0.3 is 10.1 Å². The van der Waals surface area contributed by atoms with Crippen molar-refractivity contribution in [1.82, 2.24) is 10.2 Å². The van der Waals surface area contributed by atoms with Crippen LogP contribution in [0.4, 0.5) is 0 Å². The SMILES string of the molecule is CNC(=O)C1COCCN1C(C)C(=O)c1ccc(Br)cc1. The van der Waals surface area contributed by atoms with Gasteiger partial charge in [-0.3, -0.25) is 14.5 Å². The largest absolute Gasteiger partial charge is 0.378 e. The molecule has 0 saturated carbocycles. The first-order valence-electron chi connectivity index (χ1n) is 6.89. The molecule has 2 unspecified atom stereocenters. The summed E-state index contributed by atoms with van der Waals surface area (Å²) >= 11 is 3.35. The third-order valence-corrected chi connectivity index (χ3v) is 4.25. The van der Waals surface area contributed by atoms with Crippen molar-refractivity contribution in [3.63, 3.8) is 0 Å². The van der Waals surface area contributed by atoms with E-state index < -0.39 is 6.04 Å². The van der Waals surface area contributed by atoms with Gasteiger partial charge in [-0.2, -0.15) is 0 Å². The summed E-state index contributed by atoms with van der Waals surface area (Å²) in [6.45, 7) is 3.26. The monoisotopic (exact) mass is 354 g/mol. The third kappa shape index (κ3) is 3.70. The Kier molecular flexibility index (Phi) is 5.50. The smallest absolute Gasteiger partial charge is 0.239 e. The molecule has 5 nitrogen and oxygen atoms in total. The van der Waals surface area contributed by atoms with E-state index in [4.69, 9.17) is 4.74 Å². The van der Waals surface area contributed by atoms with Crippen molar-refractivity contribution in [1.29, 1.82) is 0 Å². The molecular weight excluding hydrogens is 336 g/mol. The van der Waals surface area contributed by atoms with Crippen molar-refractivity contribution in [3.8, 4) is 0 Å². The number of rotatable bonds is 4. The Labute approximate surface area is 132 Å². The van der Waals surface area contributed by atoms with E-state index in [1.807, 2.05) is 24.0 Å². The number of benzene rings is 1. The number of carbonyl (C=O) groups excluding carboxylic acids is 2. The van der Waals surface area contributed by atoms with Crippen LogP contribution in [-0.4, -0.2) is 55.5 Å². The van der Waals surface area contributed by atoms with Crippen LogP contribution in [0.25, 0.3) is 0 Å². The van der Waals surface area contributed by atoms with Crippen LogP contribution in [0.15, 0.2) is 28.7 Å². The number of halogens is 1. The highest BCUT2D eigenvalue weighted by atomic mass is 79.9. The van der Waals surface area contributed by atoms with Crippen molar-refractivity contribution in [2.24, 2.45) is 0 Å². The van der Waals surface area contributed by atoms with Gasteiger partial charge in [-0.25, -0.2) is 0 Å². The number of ether oxygens (including phenoxy) is 1. The molecule has 1 aliphatic rings. The fourth-order valence-electron chi connectivity index (χ4n) is 2.48. The second-order valence-electron chi connectivity index (χ2n) is 4.99. The summed E-state index contributed by atoms with van der Waals surface area (Å²) in [5, 5.41) is 2.63. The summed E-state index contributed by atoms with van der Waals surface area (Å²) in [4.78, 5) is 26.4. The summed E-state index contributed by atoms with van der Waals surface area (Å²) in [5.74, 6) is -0.108. The minimum Gasteiger partial charge on any atom is -0.378 e. The summed E-state index contributed by atoms with van der Waals surface area (Å²) in [7, 11) is 1.59. The molecular formula is C15H19BrN2O3. The molecule has 0 radical (unpaired) electrons. The molecule has 1 aromatic carbocycles. The molecule has 1 saturated heterocycles. The molecule has 114 valence electrons. The highest BCUT2D eigenvalue weighted by Gasteiger charge is 2.35.